The number of nitrogens with one attached hydrogen (secondary N) is 2. The van der Waals surface area contributed by atoms with Gasteiger partial charge in [0.1, 0.15) is 0 Å². The van der Waals surface area contributed by atoms with E-state index in [0.717, 1.165) is 18.9 Å². The van der Waals surface area contributed by atoms with E-state index >= 15 is 0 Å². The van der Waals surface area contributed by atoms with Crippen molar-refractivity contribution in [2.75, 3.05) is 6.54 Å². The zero-order valence-corrected chi connectivity index (χ0v) is 10.6. The minimum atomic E-state index is -0.523. The van der Waals surface area contributed by atoms with Crippen LogP contribution in [-0.2, 0) is 0 Å². The van der Waals surface area contributed by atoms with Crippen LogP contribution in [0.15, 0.2) is 16.9 Å². The fourth-order valence-corrected chi connectivity index (χ4v) is 1.52. The van der Waals surface area contributed by atoms with Crippen LogP contribution in [0, 0.1) is 0 Å². The lowest BCUT2D eigenvalue weighted by Crippen LogP contribution is -2.49. The van der Waals surface area contributed by atoms with Crippen molar-refractivity contribution in [3.63, 3.8) is 0 Å². The summed E-state index contributed by atoms with van der Waals surface area (Å²) in [6.45, 7) is 4.23. The van der Waals surface area contributed by atoms with Crippen LogP contribution in [0.2, 0.25) is 0 Å². The molecule has 0 saturated carbocycles. The van der Waals surface area contributed by atoms with Gasteiger partial charge in [-0.15, -0.1) is 0 Å². The topological polar surface area (TPSA) is 108 Å². The SMILES string of the molecule is CCC(N)(CC)CNC(=O)c1cc(O)[nH]c(=O)c1. The van der Waals surface area contributed by atoms with Gasteiger partial charge in [-0.3, -0.25) is 14.6 Å². The number of pyridine rings is 1. The maximum Gasteiger partial charge on any atom is 0.251 e. The summed E-state index contributed by atoms with van der Waals surface area (Å²) in [4.78, 5) is 25.1. The summed E-state index contributed by atoms with van der Waals surface area (Å²) in [5, 5.41) is 11.9. The van der Waals surface area contributed by atoms with E-state index in [4.69, 9.17) is 5.73 Å². The summed E-state index contributed by atoms with van der Waals surface area (Å²) in [6, 6.07) is 2.33. The second-order valence-corrected chi connectivity index (χ2v) is 4.37. The molecule has 0 bridgehead atoms. The molecular formula is C12H19N3O3. The zero-order chi connectivity index (χ0) is 13.8. The molecule has 6 heteroatoms. The van der Waals surface area contributed by atoms with Gasteiger partial charge in [-0.1, -0.05) is 13.8 Å². The summed E-state index contributed by atoms with van der Waals surface area (Å²) in [5.74, 6) is -0.759. The lowest BCUT2D eigenvalue weighted by atomic mass is 9.94. The Labute approximate surface area is 105 Å². The van der Waals surface area contributed by atoms with Crippen LogP contribution >= 0.6 is 0 Å². The van der Waals surface area contributed by atoms with E-state index in [0.29, 0.717) is 6.54 Å². The van der Waals surface area contributed by atoms with E-state index in [-0.39, 0.29) is 11.4 Å². The summed E-state index contributed by atoms with van der Waals surface area (Å²) in [6.07, 6.45) is 1.48. The molecule has 1 rings (SSSR count). The molecule has 0 unspecified atom stereocenters. The predicted molar refractivity (Wildman–Crippen MR) is 68.6 cm³/mol. The second-order valence-electron chi connectivity index (χ2n) is 4.37. The van der Waals surface area contributed by atoms with Crippen molar-refractivity contribution >= 4 is 5.91 Å². The number of aromatic hydroxyl groups is 1. The molecule has 0 radical (unpaired) electrons. The molecule has 6 nitrogen and oxygen atoms in total. The number of H-pyrrole nitrogens is 1. The number of carbonyl (C=O) groups excluding carboxylic acids is 1. The Kier molecular flexibility index (Phi) is 4.49. The van der Waals surface area contributed by atoms with Gasteiger partial charge in [0, 0.05) is 24.2 Å². The number of amides is 1. The fourth-order valence-electron chi connectivity index (χ4n) is 1.52. The van der Waals surface area contributed by atoms with Gasteiger partial charge in [0.25, 0.3) is 11.5 Å². The first kappa shape index (κ1) is 14.2. The first-order chi connectivity index (χ1) is 8.40. The number of aromatic nitrogens is 1. The first-order valence-corrected chi connectivity index (χ1v) is 5.90. The molecule has 0 atom stereocenters. The highest BCUT2D eigenvalue weighted by molar-refractivity contribution is 5.94. The Morgan fingerprint density at radius 3 is 2.56 bits per heavy atom. The maximum absolute atomic E-state index is 11.8. The van der Waals surface area contributed by atoms with Crippen molar-refractivity contribution in [1.29, 1.82) is 0 Å². The van der Waals surface area contributed by atoms with Crippen molar-refractivity contribution in [2.45, 2.75) is 32.2 Å². The highest BCUT2D eigenvalue weighted by Gasteiger charge is 2.21. The van der Waals surface area contributed by atoms with Crippen LogP contribution in [0.3, 0.4) is 0 Å². The number of nitrogens with two attached hydrogens (primary N) is 1. The van der Waals surface area contributed by atoms with Gasteiger partial charge in [0.15, 0.2) is 5.88 Å². The van der Waals surface area contributed by atoms with Gasteiger partial charge in [-0.25, -0.2) is 0 Å². The summed E-state index contributed by atoms with van der Waals surface area (Å²) in [7, 11) is 0. The number of carbonyl (C=O) groups is 1. The van der Waals surface area contributed by atoms with Crippen LogP contribution in [0.25, 0.3) is 0 Å². The number of rotatable bonds is 5. The molecule has 1 amide bonds. The summed E-state index contributed by atoms with van der Waals surface area (Å²) >= 11 is 0. The Bertz CT molecular complexity index is 478. The van der Waals surface area contributed by atoms with Crippen LogP contribution in [0.1, 0.15) is 37.0 Å². The third-order valence-electron chi connectivity index (χ3n) is 3.10. The lowest BCUT2D eigenvalue weighted by molar-refractivity contribution is 0.0941. The molecule has 1 aromatic heterocycles. The molecule has 0 aromatic carbocycles. The Balaban J connectivity index is 2.74. The monoisotopic (exact) mass is 253 g/mol. The average Bonchev–Trinajstić information content (AvgIpc) is 2.34. The van der Waals surface area contributed by atoms with Crippen LogP contribution in [0.5, 0.6) is 5.88 Å². The minimum absolute atomic E-state index is 0.116. The molecule has 5 N–H and O–H groups in total. The molecule has 0 aliphatic carbocycles. The summed E-state index contributed by atoms with van der Waals surface area (Å²) < 4.78 is 0. The van der Waals surface area contributed by atoms with Crippen molar-refractivity contribution in [1.82, 2.24) is 10.3 Å². The third-order valence-corrected chi connectivity index (χ3v) is 3.10. The first-order valence-electron chi connectivity index (χ1n) is 5.90. The Hall–Kier alpha value is -1.82. The van der Waals surface area contributed by atoms with Gasteiger partial charge in [0.2, 0.25) is 0 Å². The number of aromatic amines is 1. The molecular weight excluding hydrogens is 234 g/mol. The Morgan fingerprint density at radius 2 is 2.06 bits per heavy atom. The van der Waals surface area contributed by atoms with E-state index in [2.05, 4.69) is 10.3 Å². The smallest absolute Gasteiger partial charge is 0.251 e. The highest BCUT2D eigenvalue weighted by Crippen LogP contribution is 2.10. The molecule has 0 fully saturated rings. The largest absolute Gasteiger partial charge is 0.494 e. The quantitative estimate of drug-likeness (QED) is 0.606. The molecule has 1 heterocycles. The second kappa shape index (κ2) is 5.68. The van der Waals surface area contributed by atoms with E-state index in [1.165, 1.54) is 6.07 Å². The van der Waals surface area contributed by atoms with Crippen LogP contribution in [-0.4, -0.2) is 28.1 Å². The minimum Gasteiger partial charge on any atom is -0.494 e. The normalized spacial score (nSPS) is 11.3. The van der Waals surface area contributed by atoms with Crippen molar-refractivity contribution in [3.05, 3.63) is 28.0 Å². The highest BCUT2D eigenvalue weighted by atomic mass is 16.3. The summed E-state index contributed by atoms with van der Waals surface area (Å²) in [5.41, 5.74) is 5.20. The van der Waals surface area contributed by atoms with Crippen molar-refractivity contribution in [2.24, 2.45) is 5.73 Å². The van der Waals surface area contributed by atoms with Crippen molar-refractivity contribution < 1.29 is 9.90 Å². The van der Waals surface area contributed by atoms with Crippen LogP contribution < -0.4 is 16.6 Å². The standard InChI is InChI=1S/C12H19N3O3/c1-3-12(13,4-2)7-14-11(18)8-5-9(16)15-10(17)6-8/h5-6H,3-4,7,13H2,1-2H3,(H,14,18)(H2,15,16,17). The third kappa shape index (κ3) is 3.59. The molecule has 1 aromatic rings. The number of hydrogen-bond acceptors (Lipinski definition) is 4. The van der Waals surface area contributed by atoms with Crippen LogP contribution in [0.4, 0.5) is 0 Å². The molecule has 0 aliphatic heterocycles. The van der Waals surface area contributed by atoms with Gasteiger partial charge in [-0.05, 0) is 12.8 Å². The van der Waals surface area contributed by atoms with E-state index in [9.17, 15) is 14.7 Å². The fraction of sp³-hybridized carbons (Fsp3) is 0.500. The van der Waals surface area contributed by atoms with E-state index in [1.807, 2.05) is 13.8 Å². The molecule has 0 spiro atoms. The zero-order valence-electron chi connectivity index (χ0n) is 10.6. The lowest BCUT2D eigenvalue weighted by Gasteiger charge is -2.26. The van der Waals surface area contributed by atoms with Gasteiger partial charge in [0.05, 0.1) is 5.56 Å². The molecule has 0 saturated heterocycles. The van der Waals surface area contributed by atoms with Gasteiger partial charge < -0.3 is 16.2 Å². The number of hydrogen-bond donors (Lipinski definition) is 4. The van der Waals surface area contributed by atoms with E-state index < -0.39 is 17.0 Å². The van der Waals surface area contributed by atoms with Gasteiger partial charge in [-0.2, -0.15) is 0 Å². The van der Waals surface area contributed by atoms with Crippen molar-refractivity contribution in [3.8, 4) is 5.88 Å². The maximum atomic E-state index is 11.8. The average molecular weight is 253 g/mol. The molecule has 0 aliphatic rings. The Morgan fingerprint density at radius 1 is 1.44 bits per heavy atom. The van der Waals surface area contributed by atoms with Gasteiger partial charge >= 0.3 is 0 Å². The molecule has 18 heavy (non-hydrogen) atoms. The predicted octanol–water partition coefficient (Wildman–Crippen LogP) is 0.328. The van der Waals surface area contributed by atoms with E-state index in [1.54, 1.807) is 0 Å². The molecule has 100 valence electrons.